The molecule has 2 rings (SSSR count). The number of aliphatic hydroxyl groups is 1. The molecule has 0 radical (unpaired) electrons. The highest BCUT2D eigenvalue weighted by molar-refractivity contribution is 9.13. The number of benzene rings is 1. The first-order chi connectivity index (χ1) is 7.20. The summed E-state index contributed by atoms with van der Waals surface area (Å²) in [6.07, 6.45) is 1.70. The van der Waals surface area contributed by atoms with Crippen LogP contribution >= 0.6 is 43.2 Å². The predicted molar refractivity (Wildman–Crippen MR) is 68.9 cm³/mol. The number of aliphatic hydroxyl groups excluding tert-OH is 1. The van der Waals surface area contributed by atoms with E-state index in [1.54, 1.807) is 6.20 Å². The van der Waals surface area contributed by atoms with Crippen LogP contribution in [0.5, 0.6) is 0 Å². The lowest BCUT2D eigenvalue weighted by Crippen LogP contribution is -1.76. The van der Waals surface area contributed by atoms with E-state index in [1.165, 1.54) is 11.3 Å². The Kier molecular flexibility index (Phi) is 3.56. The maximum Gasteiger partial charge on any atom is 0.123 e. The summed E-state index contributed by atoms with van der Waals surface area (Å²) in [7, 11) is 0. The molecular formula is C10H7Br2NOS. The van der Waals surface area contributed by atoms with Crippen molar-refractivity contribution in [1.82, 2.24) is 4.98 Å². The quantitative estimate of drug-likeness (QED) is 0.894. The number of halogens is 2. The molecule has 0 unspecified atom stereocenters. The molecule has 5 heteroatoms. The van der Waals surface area contributed by atoms with Crippen LogP contribution in [0.3, 0.4) is 0 Å². The van der Waals surface area contributed by atoms with Gasteiger partial charge in [-0.05, 0) is 44.0 Å². The highest BCUT2D eigenvalue weighted by atomic mass is 79.9. The minimum atomic E-state index is 0.0510. The number of aromatic nitrogens is 1. The van der Waals surface area contributed by atoms with Crippen LogP contribution in [0.15, 0.2) is 33.3 Å². The lowest BCUT2D eigenvalue weighted by molar-refractivity contribution is 0.285. The van der Waals surface area contributed by atoms with Gasteiger partial charge in [-0.1, -0.05) is 6.07 Å². The topological polar surface area (TPSA) is 33.1 Å². The van der Waals surface area contributed by atoms with Gasteiger partial charge in [0.25, 0.3) is 0 Å². The number of hydrogen-bond acceptors (Lipinski definition) is 3. The smallest absolute Gasteiger partial charge is 0.123 e. The third-order valence-electron chi connectivity index (χ3n) is 1.88. The van der Waals surface area contributed by atoms with Crippen LogP contribution in [0.2, 0.25) is 0 Å². The molecule has 0 atom stereocenters. The molecule has 1 aromatic heterocycles. The fraction of sp³-hybridized carbons (Fsp3) is 0.100. The van der Waals surface area contributed by atoms with Gasteiger partial charge in [0, 0.05) is 20.7 Å². The zero-order chi connectivity index (χ0) is 10.8. The largest absolute Gasteiger partial charge is 0.391 e. The van der Waals surface area contributed by atoms with E-state index < -0.39 is 0 Å². The Morgan fingerprint density at radius 2 is 2.07 bits per heavy atom. The van der Waals surface area contributed by atoms with E-state index in [4.69, 9.17) is 5.11 Å². The molecule has 15 heavy (non-hydrogen) atoms. The van der Waals surface area contributed by atoms with Gasteiger partial charge in [0.05, 0.1) is 11.5 Å². The van der Waals surface area contributed by atoms with E-state index in [2.05, 4.69) is 36.8 Å². The van der Waals surface area contributed by atoms with Crippen molar-refractivity contribution in [2.24, 2.45) is 0 Å². The van der Waals surface area contributed by atoms with Crippen molar-refractivity contribution in [3.8, 4) is 10.6 Å². The summed E-state index contributed by atoms with van der Waals surface area (Å²) in [6.45, 7) is 0.0510. The molecule has 0 saturated heterocycles. The van der Waals surface area contributed by atoms with Crippen LogP contribution in [-0.4, -0.2) is 10.1 Å². The molecule has 0 aliphatic heterocycles. The molecule has 2 aromatic rings. The van der Waals surface area contributed by atoms with Crippen molar-refractivity contribution in [2.45, 2.75) is 6.61 Å². The summed E-state index contributed by atoms with van der Waals surface area (Å²) >= 11 is 8.37. The van der Waals surface area contributed by atoms with Gasteiger partial charge in [-0.2, -0.15) is 0 Å². The predicted octanol–water partition coefficient (Wildman–Crippen LogP) is 3.83. The zero-order valence-corrected chi connectivity index (χ0v) is 11.6. The van der Waals surface area contributed by atoms with Gasteiger partial charge in [-0.15, -0.1) is 11.3 Å². The summed E-state index contributed by atoms with van der Waals surface area (Å²) in [5.74, 6) is 0. The van der Waals surface area contributed by atoms with Gasteiger partial charge in [-0.3, -0.25) is 0 Å². The second-order valence-electron chi connectivity index (χ2n) is 2.92. The molecule has 0 aliphatic rings. The second kappa shape index (κ2) is 4.74. The zero-order valence-electron chi connectivity index (χ0n) is 7.58. The Morgan fingerprint density at radius 1 is 1.27 bits per heavy atom. The first-order valence-electron chi connectivity index (χ1n) is 4.21. The Labute approximate surface area is 108 Å². The van der Waals surface area contributed by atoms with Crippen molar-refractivity contribution in [1.29, 1.82) is 0 Å². The summed E-state index contributed by atoms with van der Waals surface area (Å²) < 4.78 is 2.02. The van der Waals surface area contributed by atoms with Crippen molar-refractivity contribution in [2.75, 3.05) is 0 Å². The molecule has 1 N–H and O–H groups in total. The van der Waals surface area contributed by atoms with Gasteiger partial charge in [0.2, 0.25) is 0 Å². The maximum atomic E-state index is 8.95. The van der Waals surface area contributed by atoms with Crippen molar-refractivity contribution in [3.05, 3.63) is 38.2 Å². The molecule has 0 amide bonds. The van der Waals surface area contributed by atoms with Crippen molar-refractivity contribution >= 4 is 43.2 Å². The van der Waals surface area contributed by atoms with Crippen molar-refractivity contribution < 1.29 is 5.11 Å². The first-order valence-corrected chi connectivity index (χ1v) is 6.62. The molecule has 1 aromatic carbocycles. The molecule has 0 fully saturated rings. The van der Waals surface area contributed by atoms with E-state index in [-0.39, 0.29) is 6.61 Å². The Balaban J connectivity index is 2.40. The Hall–Kier alpha value is -0.230. The van der Waals surface area contributed by atoms with Crippen LogP contribution in [0.25, 0.3) is 10.6 Å². The summed E-state index contributed by atoms with van der Waals surface area (Å²) in [4.78, 5) is 5.13. The third kappa shape index (κ3) is 2.47. The fourth-order valence-electron chi connectivity index (χ4n) is 1.14. The van der Waals surface area contributed by atoms with E-state index in [0.717, 1.165) is 24.4 Å². The molecular weight excluding hydrogens is 342 g/mol. The standard InChI is InChI=1S/C10H7Br2NOS/c11-8-2-1-6(3-9(8)12)10-13-4-7(5-14)15-10/h1-4,14H,5H2. The van der Waals surface area contributed by atoms with Gasteiger partial charge in [0.1, 0.15) is 5.01 Å². The number of thiazole rings is 1. The lowest BCUT2D eigenvalue weighted by Gasteiger charge is -1.99. The van der Waals surface area contributed by atoms with Crippen LogP contribution in [-0.2, 0) is 6.61 Å². The van der Waals surface area contributed by atoms with Crippen molar-refractivity contribution in [3.63, 3.8) is 0 Å². The average Bonchev–Trinajstić information content (AvgIpc) is 2.70. The molecule has 0 spiro atoms. The first kappa shape index (κ1) is 11.3. The molecule has 0 bridgehead atoms. The van der Waals surface area contributed by atoms with Crippen LogP contribution < -0.4 is 0 Å². The van der Waals surface area contributed by atoms with E-state index in [0.29, 0.717) is 0 Å². The number of nitrogens with zero attached hydrogens (tertiary/aromatic N) is 1. The van der Waals surface area contributed by atoms with Gasteiger partial charge in [0.15, 0.2) is 0 Å². The van der Waals surface area contributed by atoms with Gasteiger partial charge < -0.3 is 5.11 Å². The highest BCUT2D eigenvalue weighted by Crippen LogP contribution is 2.31. The monoisotopic (exact) mass is 347 g/mol. The third-order valence-corrected chi connectivity index (χ3v) is 4.79. The minimum absolute atomic E-state index is 0.0510. The van der Waals surface area contributed by atoms with Crippen LogP contribution in [0, 0.1) is 0 Å². The SMILES string of the molecule is OCc1cnc(-c2ccc(Br)c(Br)c2)s1. The molecule has 78 valence electrons. The minimum Gasteiger partial charge on any atom is -0.391 e. The van der Waals surface area contributed by atoms with E-state index in [9.17, 15) is 0 Å². The fourth-order valence-corrected chi connectivity index (χ4v) is 2.54. The molecule has 1 heterocycles. The Morgan fingerprint density at radius 3 is 2.67 bits per heavy atom. The molecule has 0 saturated carbocycles. The second-order valence-corrected chi connectivity index (χ2v) is 5.74. The van der Waals surface area contributed by atoms with E-state index in [1.807, 2.05) is 18.2 Å². The van der Waals surface area contributed by atoms with E-state index >= 15 is 0 Å². The molecule has 2 nitrogen and oxygen atoms in total. The molecule has 0 aliphatic carbocycles. The lowest BCUT2D eigenvalue weighted by atomic mass is 10.2. The van der Waals surface area contributed by atoms with Gasteiger partial charge in [-0.25, -0.2) is 4.98 Å². The van der Waals surface area contributed by atoms with Gasteiger partial charge >= 0.3 is 0 Å². The number of hydrogen-bond donors (Lipinski definition) is 1. The number of rotatable bonds is 2. The maximum absolute atomic E-state index is 8.95. The Bertz CT molecular complexity index is 484. The highest BCUT2D eigenvalue weighted by Gasteiger charge is 2.05. The summed E-state index contributed by atoms with van der Waals surface area (Å²) in [6, 6.07) is 5.97. The van der Waals surface area contributed by atoms with Crippen LogP contribution in [0.1, 0.15) is 4.88 Å². The summed E-state index contributed by atoms with van der Waals surface area (Å²) in [5, 5.41) is 9.87. The average molecular weight is 349 g/mol. The van der Waals surface area contributed by atoms with Crippen LogP contribution in [0.4, 0.5) is 0 Å². The normalized spacial score (nSPS) is 10.6. The summed E-state index contributed by atoms with van der Waals surface area (Å²) in [5.41, 5.74) is 1.05.